The van der Waals surface area contributed by atoms with E-state index in [2.05, 4.69) is 44.4 Å². The zero-order chi connectivity index (χ0) is 19.3. The summed E-state index contributed by atoms with van der Waals surface area (Å²) in [6.45, 7) is 7.10. The van der Waals surface area contributed by atoms with Gasteiger partial charge in [0, 0.05) is 38.1 Å². The first kappa shape index (κ1) is 19.6. The molecular formula is C22H26Cl2N4. The smallest absolute Gasteiger partial charge is 0.0825 e. The van der Waals surface area contributed by atoms with E-state index in [4.69, 9.17) is 23.2 Å². The second kappa shape index (κ2) is 9.17. The van der Waals surface area contributed by atoms with Gasteiger partial charge in [0.15, 0.2) is 0 Å². The minimum Gasteiger partial charge on any atom is -0.385 e. The van der Waals surface area contributed by atoms with Crippen molar-refractivity contribution in [1.29, 1.82) is 0 Å². The summed E-state index contributed by atoms with van der Waals surface area (Å²) in [5, 5.41) is 4.85. The second-order valence-electron chi connectivity index (χ2n) is 7.42. The third-order valence-electron chi connectivity index (χ3n) is 5.48. The molecule has 6 heteroatoms. The zero-order valence-electron chi connectivity index (χ0n) is 16.0. The number of hydrogen-bond acceptors (Lipinski definition) is 4. The van der Waals surface area contributed by atoms with Gasteiger partial charge in [-0.05, 0) is 61.3 Å². The van der Waals surface area contributed by atoms with Gasteiger partial charge in [0.25, 0.3) is 0 Å². The first-order valence-electron chi connectivity index (χ1n) is 9.98. The van der Waals surface area contributed by atoms with E-state index < -0.39 is 0 Å². The molecule has 0 aromatic heterocycles. The predicted molar refractivity (Wildman–Crippen MR) is 121 cm³/mol. The Balaban J connectivity index is 1.22. The number of hydrogen-bond donors (Lipinski definition) is 1. The van der Waals surface area contributed by atoms with Crippen LogP contribution in [0.4, 0.5) is 11.4 Å². The number of fused-ring (bicyclic) bond motifs is 1. The predicted octanol–water partition coefficient (Wildman–Crippen LogP) is 4.94. The maximum absolute atomic E-state index is 6.41. The van der Waals surface area contributed by atoms with Gasteiger partial charge in [-0.1, -0.05) is 35.3 Å². The third kappa shape index (κ3) is 4.62. The number of halogens is 2. The Labute approximate surface area is 177 Å². The quantitative estimate of drug-likeness (QED) is 0.676. The molecule has 1 saturated heterocycles. The van der Waals surface area contributed by atoms with Crippen LogP contribution in [0, 0.1) is 0 Å². The molecule has 4 rings (SSSR count). The van der Waals surface area contributed by atoms with E-state index in [1.54, 1.807) is 0 Å². The van der Waals surface area contributed by atoms with Crippen LogP contribution in [0.5, 0.6) is 0 Å². The first-order valence-corrected chi connectivity index (χ1v) is 10.7. The van der Waals surface area contributed by atoms with E-state index in [9.17, 15) is 0 Å². The van der Waals surface area contributed by atoms with Crippen LogP contribution in [-0.4, -0.2) is 50.4 Å². The van der Waals surface area contributed by atoms with Crippen molar-refractivity contribution < 1.29 is 0 Å². The van der Waals surface area contributed by atoms with E-state index in [1.165, 1.54) is 16.8 Å². The molecule has 148 valence electrons. The van der Waals surface area contributed by atoms with Crippen LogP contribution in [0.15, 0.2) is 41.4 Å². The van der Waals surface area contributed by atoms with Crippen LogP contribution >= 0.6 is 23.2 Å². The fraction of sp³-hybridized carbons (Fsp3) is 0.409. The monoisotopic (exact) mass is 416 g/mol. The Hall–Kier alpha value is -1.75. The Morgan fingerprint density at radius 1 is 1.04 bits per heavy atom. The first-order chi connectivity index (χ1) is 13.7. The van der Waals surface area contributed by atoms with E-state index in [0.29, 0.717) is 10.0 Å². The van der Waals surface area contributed by atoms with E-state index >= 15 is 0 Å². The minimum atomic E-state index is 0.629. The van der Waals surface area contributed by atoms with E-state index in [-0.39, 0.29) is 0 Å². The molecule has 0 saturated carbocycles. The highest BCUT2D eigenvalue weighted by Crippen LogP contribution is 2.32. The van der Waals surface area contributed by atoms with Crippen LogP contribution in [0.1, 0.15) is 24.0 Å². The number of benzene rings is 2. The highest BCUT2D eigenvalue weighted by atomic mass is 35.5. The van der Waals surface area contributed by atoms with Gasteiger partial charge in [-0.25, -0.2) is 0 Å². The molecule has 2 aliphatic rings. The summed E-state index contributed by atoms with van der Waals surface area (Å²) in [6.07, 6.45) is 4.23. The molecule has 0 radical (unpaired) electrons. The highest BCUT2D eigenvalue weighted by Gasteiger charge is 2.17. The number of nitrogens with one attached hydrogen (secondary N) is 1. The average molecular weight is 417 g/mol. The van der Waals surface area contributed by atoms with Gasteiger partial charge in [0.05, 0.1) is 22.3 Å². The molecule has 2 aromatic carbocycles. The molecule has 28 heavy (non-hydrogen) atoms. The van der Waals surface area contributed by atoms with Gasteiger partial charge >= 0.3 is 0 Å². The van der Waals surface area contributed by atoms with Gasteiger partial charge in [-0.3, -0.25) is 4.99 Å². The molecule has 1 N–H and O–H groups in total. The van der Waals surface area contributed by atoms with Crippen LogP contribution in [0.25, 0.3) is 0 Å². The van der Waals surface area contributed by atoms with Crippen molar-refractivity contribution in [3.8, 4) is 0 Å². The average Bonchev–Trinajstić information content (AvgIpc) is 3.05. The molecule has 0 aliphatic carbocycles. The fourth-order valence-electron chi connectivity index (χ4n) is 3.93. The fourth-order valence-corrected chi connectivity index (χ4v) is 4.34. The third-order valence-corrected chi connectivity index (χ3v) is 6.28. The number of nitrogens with zero attached hydrogens (tertiary/aromatic N) is 3. The van der Waals surface area contributed by atoms with Crippen molar-refractivity contribution in [2.75, 3.05) is 49.5 Å². The molecular weight excluding hydrogens is 391 g/mol. The molecule has 0 spiro atoms. The van der Waals surface area contributed by atoms with Crippen LogP contribution in [0.3, 0.4) is 0 Å². The molecule has 1 fully saturated rings. The summed E-state index contributed by atoms with van der Waals surface area (Å²) in [5.74, 6) is 0. The maximum Gasteiger partial charge on any atom is 0.0825 e. The van der Waals surface area contributed by atoms with Crippen molar-refractivity contribution >= 4 is 40.8 Å². The number of rotatable bonds is 6. The minimum absolute atomic E-state index is 0.629. The summed E-state index contributed by atoms with van der Waals surface area (Å²) in [5.41, 5.74) is 4.82. The van der Waals surface area contributed by atoms with Crippen molar-refractivity contribution in [3.63, 3.8) is 0 Å². The standard InChI is InChI=1S/C22H26Cl2N4/c23-20-4-1-5-21(22(20)24)28-11-3-10-27(12-13-28)9-2-8-26-19-7-6-17-15-25-16-18(17)14-19/h1,4-7,14-15,26H,2-3,8-13,16H2. The van der Waals surface area contributed by atoms with Gasteiger partial charge in [-0.2, -0.15) is 0 Å². The SMILES string of the molecule is Clc1cccc(N2CCCN(CCCNc3ccc4c(c3)CN=C4)CC2)c1Cl. The Morgan fingerprint density at radius 3 is 2.89 bits per heavy atom. The Morgan fingerprint density at radius 2 is 1.96 bits per heavy atom. The lowest BCUT2D eigenvalue weighted by Gasteiger charge is -2.25. The van der Waals surface area contributed by atoms with Gasteiger partial charge in [0.2, 0.25) is 0 Å². The second-order valence-corrected chi connectivity index (χ2v) is 8.20. The summed E-state index contributed by atoms with van der Waals surface area (Å²) >= 11 is 12.6. The molecule has 0 unspecified atom stereocenters. The number of anilines is 2. The molecule has 2 aliphatic heterocycles. The molecule has 0 amide bonds. The van der Waals surface area contributed by atoms with Crippen LogP contribution < -0.4 is 10.2 Å². The molecule has 2 heterocycles. The number of aliphatic imine (C=N–C) groups is 1. The largest absolute Gasteiger partial charge is 0.385 e. The highest BCUT2D eigenvalue weighted by molar-refractivity contribution is 6.43. The summed E-state index contributed by atoms with van der Waals surface area (Å²) < 4.78 is 0. The topological polar surface area (TPSA) is 30.9 Å². The molecule has 4 nitrogen and oxygen atoms in total. The van der Waals surface area contributed by atoms with Crippen LogP contribution in [0.2, 0.25) is 10.0 Å². The Kier molecular flexibility index (Phi) is 6.40. The van der Waals surface area contributed by atoms with E-state index in [1.807, 2.05) is 18.3 Å². The molecule has 2 aromatic rings. The van der Waals surface area contributed by atoms with Gasteiger partial charge in [0.1, 0.15) is 0 Å². The molecule has 0 atom stereocenters. The lowest BCUT2D eigenvalue weighted by molar-refractivity contribution is 0.292. The lowest BCUT2D eigenvalue weighted by Crippen LogP contribution is -2.32. The summed E-state index contributed by atoms with van der Waals surface area (Å²) in [6, 6.07) is 12.4. The summed E-state index contributed by atoms with van der Waals surface area (Å²) in [4.78, 5) is 9.23. The van der Waals surface area contributed by atoms with Crippen LogP contribution in [-0.2, 0) is 6.54 Å². The van der Waals surface area contributed by atoms with Crippen molar-refractivity contribution in [3.05, 3.63) is 57.6 Å². The van der Waals surface area contributed by atoms with E-state index in [0.717, 1.165) is 64.3 Å². The van der Waals surface area contributed by atoms with Gasteiger partial charge < -0.3 is 15.1 Å². The van der Waals surface area contributed by atoms with Gasteiger partial charge in [-0.15, -0.1) is 0 Å². The van der Waals surface area contributed by atoms with Crippen molar-refractivity contribution in [2.24, 2.45) is 4.99 Å². The zero-order valence-corrected chi connectivity index (χ0v) is 17.5. The van der Waals surface area contributed by atoms with Crippen molar-refractivity contribution in [1.82, 2.24) is 4.90 Å². The lowest BCUT2D eigenvalue weighted by atomic mass is 10.1. The Bertz CT molecular complexity index is 852. The van der Waals surface area contributed by atoms with Crippen molar-refractivity contribution in [2.45, 2.75) is 19.4 Å². The molecule has 0 bridgehead atoms. The maximum atomic E-state index is 6.41. The summed E-state index contributed by atoms with van der Waals surface area (Å²) in [7, 11) is 0. The normalized spacial score (nSPS) is 16.9.